The van der Waals surface area contributed by atoms with E-state index in [0.717, 1.165) is 29.6 Å². The Bertz CT molecular complexity index is 583. The predicted molar refractivity (Wildman–Crippen MR) is 103 cm³/mol. The van der Waals surface area contributed by atoms with Crippen LogP contribution in [0.4, 0.5) is 0 Å². The first-order chi connectivity index (χ1) is 11.7. The normalized spacial score (nSPS) is 12.7. The zero-order chi connectivity index (χ0) is 19.1. The maximum atomic E-state index is 5.42. The topological polar surface area (TPSA) is 64.1 Å². The van der Waals surface area contributed by atoms with Gasteiger partial charge in [-0.05, 0) is 31.5 Å². The summed E-state index contributed by atoms with van der Waals surface area (Å²) in [4.78, 5) is 4.28. The second-order valence-electron chi connectivity index (χ2n) is 7.20. The molecule has 0 saturated carbocycles. The molecule has 0 atom stereocenters. The fourth-order valence-electron chi connectivity index (χ4n) is 2.25. The number of methoxy groups -OCH3 is 3. The van der Waals surface area contributed by atoms with E-state index in [2.05, 4.69) is 35.5 Å². The van der Waals surface area contributed by atoms with Gasteiger partial charge in [-0.15, -0.1) is 0 Å². The molecule has 6 nitrogen and oxygen atoms in total. The summed E-state index contributed by atoms with van der Waals surface area (Å²) < 4.78 is 16.1. The lowest BCUT2D eigenvalue weighted by Crippen LogP contribution is -2.48. The molecule has 0 bridgehead atoms. The second kappa shape index (κ2) is 8.94. The van der Waals surface area contributed by atoms with Crippen LogP contribution in [0.5, 0.6) is 11.5 Å². The number of nitrogens with one attached hydrogen (secondary N) is 2. The number of ether oxygens (including phenoxy) is 3. The van der Waals surface area contributed by atoms with E-state index in [0.29, 0.717) is 6.54 Å². The summed E-state index contributed by atoms with van der Waals surface area (Å²) in [6.45, 7) is 9.79. The number of guanidine groups is 1. The van der Waals surface area contributed by atoms with Gasteiger partial charge in [0.1, 0.15) is 0 Å². The predicted octanol–water partition coefficient (Wildman–Crippen LogP) is 2.57. The first-order valence-corrected chi connectivity index (χ1v) is 8.41. The molecule has 1 aromatic rings. The molecule has 0 heterocycles. The van der Waals surface area contributed by atoms with Gasteiger partial charge in [0.15, 0.2) is 17.5 Å². The number of nitrogens with zero attached hydrogens (tertiary/aromatic N) is 1. The quantitative estimate of drug-likeness (QED) is 0.557. The molecular weight excluding hydrogens is 318 g/mol. The third kappa shape index (κ3) is 6.12. The average molecular weight is 351 g/mol. The third-order valence-electron chi connectivity index (χ3n) is 4.32. The Kier molecular flexibility index (Phi) is 7.55. The number of hydrogen-bond donors (Lipinski definition) is 2. The molecule has 0 unspecified atom stereocenters. The lowest BCUT2D eigenvalue weighted by atomic mass is 9.84. The maximum Gasteiger partial charge on any atom is 0.191 e. The summed E-state index contributed by atoms with van der Waals surface area (Å²) in [5.74, 6) is 2.21. The van der Waals surface area contributed by atoms with Gasteiger partial charge in [-0.1, -0.05) is 19.9 Å². The van der Waals surface area contributed by atoms with E-state index < -0.39 is 0 Å². The molecule has 0 aliphatic carbocycles. The minimum atomic E-state index is -0.253. The molecule has 0 spiro atoms. The number of hydrogen-bond acceptors (Lipinski definition) is 4. The van der Waals surface area contributed by atoms with Crippen LogP contribution in [0.3, 0.4) is 0 Å². The molecule has 1 aromatic carbocycles. The van der Waals surface area contributed by atoms with Gasteiger partial charge in [0.25, 0.3) is 0 Å². The highest BCUT2D eigenvalue weighted by Crippen LogP contribution is 2.32. The van der Waals surface area contributed by atoms with Crippen molar-refractivity contribution in [1.29, 1.82) is 0 Å². The first-order valence-electron chi connectivity index (χ1n) is 8.41. The van der Waals surface area contributed by atoms with Gasteiger partial charge in [0, 0.05) is 32.7 Å². The van der Waals surface area contributed by atoms with Crippen molar-refractivity contribution < 1.29 is 14.2 Å². The average Bonchev–Trinajstić information content (AvgIpc) is 2.61. The minimum Gasteiger partial charge on any atom is -0.493 e. The molecule has 6 heteroatoms. The van der Waals surface area contributed by atoms with Crippen molar-refractivity contribution in [3.05, 3.63) is 23.8 Å². The van der Waals surface area contributed by atoms with E-state index in [1.165, 1.54) is 0 Å². The van der Waals surface area contributed by atoms with E-state index in [4.69, 9.17) is 14.2 Å². The SMILES string of the molecule is CN=C(NCC(C)(C)OC)NCC(C)(C)c1ccc(OC)c(OC)c1. The molecule has 0 aromatic heterocycles. The van der Waals surface area contributed by atoms with Crippen molar-refractivity contribution in [3.8, 4) is 11.5 Å². The van der Waals surface area contributed by atoms with Crippen LogP contribution in [0, 0.1) is 0 Å². The number of benzene rings is 1. The summed E-state index contributed by atoms with van der Waals surface area (Å²) in [6, 6.07) is 6.02. The van der Waals surface area contributed by atoms with E-state index in [1.54, 1.807) is 28.4 Å². The minimum absolute atomic E-state index is 0.117. The molecule has 0 fully saturated rings. The Hall–Kier alpha value is -1.95. The van der Waals surface area contributed by atoms with E-state index in [1.807, 2.05) is 26.0 Å². The Labute approximate surface area is 152 Å². The fraction of sp³-hybridized carbons (Fsp3) is 0.632. The zero-order valence-corrected chi connectivity index (χ0v) is 16.8. The maximum absolute atomic E-state index is 5.42. The van der Waals surface area contributed by atoms with E-state index >= 15 is 0 Å². The smallest absolute Gasteiger partial charge is 0.191 e. The van der Waals surface area contributed by atoms with Crippen molar-refractivity contribution >= 4 is 5.96 Å². The fourth-order valence-corrected chi connectivity index (χ4v) is 2.25. The molecule has 0 aliphatic rings. The van der Waals surface area contributed by atoms with Crippen molar-refractivity contribution in [2.75, 3.05) is 41.5 Å². The van der Waals surface area contributed by atoms with Crippen LogP contribution in [0.15, 0.2) is 23.2 Å². The van der Waals surface area contributed by atoms with Crippen molar-refractivity contribution in [2.24, 2.45) is 4.99 Å². The Balaban J connectivity index is 2.77. The van der Waals surface area contributed by atoms with Crippen LogP contribution in [-0.2, 0) is 10.2 Å². The van der Waals surface area contributed by atoms with Crippen LogP contribution in [0.2, 0.25) is 0 Å². The van der Waals surface area contributed by atoms with Gasteiger partial charge >= 0.3 is 0 Å². The van der Waals surface area contributed by atoms with Crippen molar-refractivity contribution in [1.82, 2.24) is 10.6 Å². The van der Waals surface area contributed by atoms with Gasteiger partial charge in [0.2, 0.25) is 0 Å². The molecule has 0 amide bonds. The molecule has 142 valence electrons. The lowest BCUT2D eigenvalue weighted by Gasteiger charge is -2.29. The highest BCUT2D eigenvalue weighted by atomic mass is 16.5. The van der Waals surface area contributed by atoms with Crippen LogP contribution >= 0.6 is 0 Å². The number of rotatable bonds is 8. The van der Waals surface area contributed by atoms with Gasteiger partial charge in [-0.3, -0.25) is 4.99 Å². The van der Waals surface area contributed by atoms with Crippen LogP contribution in [0.25, 0.3) is 0 Å². The van der Waals surface area contributed by atoms with E-state index in [-0.39, 0.29) is 11.0 Å². The van der Waals surface area contributed by atoms with Gasteiger partial charge in [-0.2, -0.15) is 0 Å². The molecule has 0 aliphatic heterocycles. The summed E-state index contributed by atoms with van der Waals surface area (Å²) >= 11 is 0. The Morgan fingerprint density at radius 1 is 0.960 bits per heavy atom. The third-order valence-corrected chi connectivity index (χ3v) is 4.32. The molecular formula is C19H33N3O3. The monoisotopic (exact) mass is 351 g/mol. The molecule has 1 rings (SSSR count). The Morgan fingerprint density at radius 2 is 1.56 bits per heavy atom. The summed E-state index contributed by atoms with van der Waals surface area (Å²) in [6.07, 6.45) is 0. The van der Waals surface area contributed by atoms with Crippen molar-refractivity contribution in [3.63, 3.8) is 0 Å². The highest BCUT2D eigenvalue weighted by Gasteiger charge is 2.23. The number of aliphatic imine (C=N–C) groups is 1. The standard InChI is InChI=1S/C19H33N3O3/c1-18(2,14-9-10-15(23-6)16(11-14)24-7)12-21-17(20-5)22-13-19(3,4)25-8/h9-11H,12-13H2,1-8H3,(H2,20,21,22). The Morgan fingerprint density at radius 3 is 2.08 bits per heavy atom. The summed E-state index contributed by atoms with van der Waals surface area (Å²) in [5.41, 5.74) is 0.787. The molecule has 2 N–H and O–H groups in total. The highest BCUT2D eigenvalue weighted by molar-refractivity contribution is 5.79. The molecule has 25 heavy (non-hydrogen) atoms. The van der Waals surface area contributed by atoms with Crippen LogP contribution in [0.1, 0.15) is 33.3 Å². The van der Waals surface area contributed by atoms with Gasteiger partial charge < -0.3 is 24.8 Å². The van der Waals surface area contributed by atoms with Gasteiger partial charge in [0.05, 0.1) is 19.8 Å². The van der Waals surface area contributed by atoms with Gasteiger partial charge in [-0.25, -0.2) is 0 Å². The lowest BCUT2D eigenvalue weighted by molar-refractivity contribution is 0.0268. The summed E-state index contributed by atoms with van der Waals surface area (Å²) in [5, 5.41) is 6.68. The van der Waals surface area contributed by atoms with Crippen molar-refractivity contribution in [2.45, 2.75) is 38.7 Å². The van der Waals surface area contributed by atoms with Crippen LogP contribution in [-0.4, -0.2) is 53.0 Å². The zero-order valence-electron chi connectivity index (χ0n) is 16.8. The first kappa shape index (κ1) is 21.1. The molecule has 0 radical (unpaired) electrons. The molecule has 0 saturated heterocycles. The van der Waals surface area contributed by atoms with Crippen LogP contribution < -0.4 is 20.1 Å². The van der Waals surface area contributed by atoms with E-state index in [9.17, 15) is 0 Å². The summed E-state index contributed by atoms with van der Waals surface area (Å²) in [7, 11) is 6.76. The largest absolute Gasteiger partial charge is 0.493 e. The second-order valence-corrected chi connectivity index (χ2v) is 7.20.